The van der Waals surface area contributed by atoms with Gasteiger partial charge in [-0.25, -0.2) is 13.2 Å². The van der Waals surface area contributed by atoms with Gasteiger partial charge in [-0.15, -0.1) is 0 Å². The van der Waals surface area contributed by atoms with Crippen LogP contribution in [0.5, 0.6) is 0 Å². The van der Waals surface area contributed by atoms with Gasteiger partial charge in [-0.2, -0.15) is 0 Å². The van der Waals surface area contributed by atoms with Gasteiger partial charge in [0.15, 0.2) is 9.84 Å². The molecular weight excluding hydrogens is 330 g/mol. The first-order valence-corrected chi connectivity index (χ1v) is 9.70. The summed E-state index contributed by atoms with van der Waals surface area (Å²) in [5.74, 6) is -1.56. The molecule has 1 aromatic rings. The molecule has 0 aliphatic carbocycles. The summed E-state index contributed by atoms with van der Waals surface area (Å²) in [6.07, 6.45) is 2.28. The van der Waals surface area contributed by atoms with Crippen molar-refractivity contribution in [1.29, 1.82) is 0 Å². The van der Waals surface area contributed by atoms with E-state index in [1.54, 1.807) is 0 Å². The SMILES string of the molecule is CCCCS(=O)(=O)c1ccc(C(=O)NC(C)(CCC)C(=O)O)cc1. The van der Waals surface area contributed by atoms with E-state index in [0.717, 1.165) is 6.42 Å². The van der Waals surface area contributed by atoms with Crippen LogP contribution >= 0.6 is 0 Å². The number of hydrogen-bond donors (Lipinski definition) is 2. The quantitative estimate of drug-likeness (QED) is 0.709. The van der Waals surface area contributed by atoms with Gasteiger partial charge in [0.2, 0.25) is 0 Å². The summed E-state index contributed by atoms with van der Waals surface area (Å²) in [5, 5.41) is 11.8. The number of carbonyl (C=O) groups is 2. The number of sulfone groups is 1. The summed E-state index contributed by atoms with van der Waals surface area (Å²) in [6.45, 7) is 5.21. The topological polar surface area (TPSA) is 101 Å². The minimum atomic E-state index is -3.35. The number of amides is 1. The summed E-state index contributed by atoms with van der Waals surface area (Å²) in [5.41, 5.74) is -1.12. The molecule has 0 aliphatic rings. The summed E-state index contributed by atoms with van der Waals surface area (Å²) in [6, 6.07) is 5.58. The minimum Gasteiger partial charge on any atom is -0.480 e. The molecule has 1 atom stereocenters. The molecule has 0 aromatic heterocycles. The molecule has 0 fully saturated rings. The van der Waals surface area contributed by atoms with Crippen LogP contribution in [0.15, 0.2) is 29.2 Å². The van der Waals surface area contributed by atoms with Crippen molar-refractivity contribution in [3.63, 3.8) is 0 Å². The van der Waals surface area contributed by atoms with Gasteiger partial charge in [0, 0.05) is 5.56 Å². The fourth-order valence-corrected chi connectivity index (χ4v) is 3.77. The maximum atomic E-state index is 12.2. The third kappa shape index (κ3) is 5.06. The first kappa shape index (κ1) is 20.2. The number of carbonyl (C=O) groups excluding carboxylic acids is 1. The lowest BCUT2D eigenvalue weighted by atomic mass is 9.96. The third-order valence-corrected chi connectivity index (χ3v) is 5.67. The maximum absolute atomic E-state index is 12.2. The number of carboxylic acids is 1. The van der Waals surface area contributed by atoms with Crippen molar-refractivity contribution in [3.8, 4) is 0 Å². The van der Waals surface area contributed by atoms with E-state index < -0.39 is 27.3 Å². The van der Waals surface area contributed by atoms with Crippen LogP contribution in [0, 0.1) is 0 Å². The number of carboxylic acid groups (broad SMARTS) is 1. The van der Waals surface area contributed by atoms with E-state index in [4.69, 9.17) is 0 Å². The highest BCUT2D eigenvalue weighted by atomic mass is 32.2. The second-order valence-electron chi connectivity index (χ2n) is 6.04. The van der Waals surface area contributed by atoms with Gasteiger partial charge in [-0.3, -0.25) is 4.79 Å². The molecule has 1 amide bonds. The van der Waals surface area contributed by atoms with Gasteiger partial charge < -0.3 is 10.4 Å². The third-order valence-electron chi connectivity index (χ3n) is 3.85. The molecule has 7 heteroatoms. The first-order valence-electron chi connectivity index (χ1n) is 8.05. The van der Waals surface area contributed by atoms with Gasteiger partial charge in [0.1, 0.15) is 5.54 Å². The lowest BCUT2D eigenvalue weighted by Gasteiger charge is -2.25. The Hall–Kier alpha value is -1.89. The van der Waals surface area contributed by atoms with Crippen LogP contribution in [0.4, 0.5) is 0 Å². The van der Waals surface area contributed by atoms with Gasteiger partial charge in [-0.1, -0.05) is 26.7 Å². The van der Waals surface area contributed by atoms with Crippen molar-refractivity contribution in [2.45, 2.75) is 56.9 Å². The fourth-order valence-electron chi connectivity index (χ4n) is 2.31. The Morgan fingerprint density at radius 1 is 1.12 bits per heavy atom. The van der Waals surface area contributed by atoms with Crippen LogP contribution in [-0.2, 0) is 14.6 Å². The van der Waals surface area contributed by atoms with E-state index in [2.05, 4.69) is 5.32 Å². The zero-order valence-electron chi connectivity index (χ0n) is 14.3. The monoisotopic (exact) mass is 355 g/mol. The van der Waals surface area contributed by atoms with Crippen molar-refractivity contribution in [2.24, 2.45) is 0 Å². The zero-order chi connectivity index (χ0) is 18.4. The zero-order valence-corrected chi connectivity index (χ0v) is 15.1. The summed E-state index contributed by atoms with van der Waals surface area (Å²) < 4.78 is 24.2. The van der Waals surface area contributed by atoms with Crippen molar-refractivity contribution in [2.75, 3.05) is 5.75 Å². The first-order chi connectivity index (χ1) is 11.2. The lowest BCUT2D eigenvalue weighted by Crippen LogP contribution is -2.52. The molecule has 1 unspecified atom stereocenters. The van der Waals surface area contributed by atoms with Crippen molar-refractivity contribution in [1.82, 2.24) is 5.32 Å². The highest BCUT2D eigenvalue weighted by Crippen LogP contribution is 2.17. The Morgan fingerprint density at radius 2 is 1.71 bits per heavy atom. The fraction of sp³-hybridized carbons (Fsp3) is 0.529. The van der Waals surface area contributed by atoms with Gasteiger partial charge >= 0.3 is 5.97 Å². The molecule has 1 aromatic carbocycles. The Morgan fingerprint density at radius 3 is 2.17 bits per heavy atom. The van der Waals surface area contributed by atoms with Crippen molar-refractivity contribution >= 4 is 21.7 Å². The number of aliphatic carboxylic acids is 1. The van der Waals surface area contributed by atoms with E-state index in [0.29, 0.717) is 19.3 Å². The molecule has 0 spiro atoms. The van der Waals surface area contributed by atoms with Gasteiger partial charge in [0.25, 0.3) is 5.91 Å². The number of benzene rings is 1. The Bertz CT molecular complexity index is 681. The summed E-state index contributed by atoms with van der Waals surface area (Å²) in [7, 11) is -3.35. The van der Waals surface area contributed by atoms with Gasteiger partial charge in [0.05, 0.1) is 10.6 Å². The smallest absolute Gasteiger partial charge is 0.329 e. The van der Waals surface area contributed by atoms with E-state index >= 15 is 0 Å². The number of hydrogen-bond acceptors (Lipinski definition) is 4. The van der Waals surface area contributed by atoms with E-state index in [-0.39, 0.29) is 16.2 Å². The normalized spacial score (nSPS) is 14.0. The molecule has 24 heavy (non-hydrogen) atoms. The second kappa shape index (κ2) is 8.28. The summed E-state index contributed by atoms with van der Waals surface area (Å²) >= 11 is 0. The average molecular weight is 355 g/mol. The molecule has 134 valence electrons. The highest BCUT2D eigenvalue weighted by Gasteiger charge is 2.34. The highest BCUT2D eigenvalue weighted by molar-refractivity contribution is 7.91. The molecule has 0 heterocycles. The maximum Gasteiger partial charge on any atom is 0.329 e. The standard InChI is InChI=1S/C17H25NO5S/c1-4-6-12-24(22,23)14-9-7-13(8-10-14)15(19)18-17(3,11-5-2)16(20)21/h7-10H,4-6,11-12H2,1-3H3,(H,18,19)(H,20,21). The molecule has 1 rings (SSSR count). The molecule has 2 N–H and O–H groups in total. The average Bonchev–Trinajstić information content (AvgIpc) is 2.53. The van der Waals surface area contributed by atoms with Crippen LogP contribution in [-0.4, -0.2) is 36.7 Å². The van der Waals surface area contributed by atoms with E-state index in [1.807, 2.05) is 13.8 Å². The molecule has 0 saturated carbocycles. The Kier molecular flexibility index (Phi) is 6.95. The van der Waals surface area contributed by atoms with Crippen LogP contribution in [0.2, 0.25) is 0 Å². The lowest BCUT2D eigenvalue weighted by molar-refractivity contribution is -0.144. The Labute approximate surface area is 143 Å². The summed E-state index contributed by atoms with van der Waals surface area (Å²) in [4.78, 5) is 23.8. The van der Waals surface area contributed by atoms with Gasteiger partial charge in [-0.05, 0) is 44.0 Å². The molecule has 6 nitrogen and oxygen atoms in total. The minimum absolute atomic E-state index is 0.0721. The molecule has 0 radical (unpaired) electrons. The Balaban J connectivity index is 2.93. The van der Waals surface area contributed by atoms with Crippen LogP contribution in [0.25, 0.3) is 0 Å². The largest absolute Gasteiger partial charge is 0.480 e. The molecular formula is C17H25NO5S. The van der Waals surface area contributed by atoms with Crippen molar-refractivity contribution in [3.05, 3.63) is 29.8 Å². The molecule has 0 saturated heterocycles. The van der Waals surface area contributed by atoms with E-state index in [1.165, 1.54) is 31.2 Å². The number of unbranched alkanes of at least 4 members (excludes halogenated alkanes) is 1. The van der Waals surface area contributed by atoms with Crippen LogP contribution in [0.1, 0.15) is 56.8 Å². The second-order valence-corrected chi connectivity index (χ2v) is 8.15. The predicted molar refractivity (Wildman–Crippen MR) is 91.8 cm³/mol. The number of nitrogens with one attached hydrogen (secondary N) is 1. The number of rotatable bonds is 9. The van der Waals surface area contributed by atoms with E-state index in [9.17, 15) is 23.1 Å². The van der Waals surface area contributed by atoms with Crippen LogP contribution in [0.3, 0.4) is 0 Å². The van der Waals surface area contributed by atoms with Crippen molar-refractivity contribution < 1.29 is 23.1 Å². The molecule has 0 bridgehead atoms. The van der Waals surface area contributed by atoms with Crippen LogP contribution < -0.4 is 5.32 Å². The predicted octanol–water partition coefficient (Wildman–Crippen LogP) is 2.63. The molecule has 0 aliphatic heterocycles.